The van der Waals surface area contributed by atoms with Gasteiger partial charge in [-0.25, -0.2) is 9.67 Å². The van der Waals surface area contributed by atoms with Crippen molar-refractivity contribution in [2.24, 2.45) is 0 Å². The normalized spacial score (nSPS) is 13.3. The van der Waals surface area contributed by atoms with E-state index >= 15 is 0 Å². The van der Waals surface area contributed by atoms with Crippen LogP contribution >= 0.6 is 35.0 Å². The molecule has 1 fully saturated rings. The van der Waals surface area contributed by atoms with Crippen LogP contribution in [0.3, 0.4) is 0 Å². The van der Waals surface area contributed by atoms with Crippen LogP contribution in [0.25, 0.3) is 5.82 Å². The lowest BCUT2D eigenvalue weighted by atomic mass is 10.1. The molecule has 11 heteroatoms. The van der Waals surface area contributed by atoms with Crippen molar-refractivity contribution in [3.05, 3.63) is 63.4 Å². The van der Waals surface area contributed by atoms with Crippen molar-refractivity contribution in [2.45, 2.75) is 32.8 Å². The fourth-order valence-corrected chi connectivity index (χ4v) is 4.50. The van der Waals surface area contributed by atoms with Gasteiger partial charge in [0.05, 0.1) is 16.3 Å². The molecule has 8 nitrogen and oxygen atoms in total. The molecule has 3 aromatic rings. The Bertz CT molecular complexity index is 1250. The second kappa shape index (κ2) is 11.3. The number of amides is 2. The van der Waals surface area contributed by atoms with Gasteiger partial charge in [0, 0.05) is 35.3 Å². The average molecular weight is 534 g/mol. The summed E-state index contributed by atoms with van der Waals surface area (Å²) in [5.41, 5.74) is 1.46. The zero-order chi connectivity index (χ0) is 24.9. The molecule has 2 N–H and O–H groups in total. The van der Waals surface area contributed by atoms with Crippen molar-refractivity contribution >= 4 is 52.5 Å². The molecule has 0 aliphatic carbocycles. The Hall–Kier alpha value is -2.75. The van der Waals surface area contributed by atoms with Crippen LogP contribution < -0.4 is 15.4 Å². The zero-order valence-electron chi connectivity index (χ0n) is 19.3. The van der Waals surface area contributed by atoms with Gasteiger partial charge < -0.3 is 15.4 Å². The largest absolute Gasteiger partial charge is 0.472 e. The van der Waals surface area contributed by atoms with Crippen LogP contribution in [0.1, 0.15) is 46.2 Å². The molecule has 1 saturated heterocycles. The number of carbonyl (C=O) groups excluding carboxylic acids is 2. The number of hydrogen-bond acceptors (Lipinski definition) is 6. The van der Waals surface area contributed by atoms with Gasteiger partial charge in [0.25, 0.3) is 11.8 Å². The Morgan fingerprint density at radius 2 is 2.03 bits per heavy atom. The first-order valence-electron chi connectivity index (χ1n) is 11.2. The summed E-state index contributed by atoms with van der Waals surface area (Å²) in [7, 11) is 0. The van der Waals surface area contributed by atoms with Gasteiger partial charge in [-0.15, -0.1) is 5.10 Å². The van der Waals surface area contributed by atoms with Gasteiger partial charge >= 0.3 is 0 Å². The summed E-state index contributed by atoms with van der Waals surface area (Å²) in [6.07, 6.45) is 3.40. The van der Waals surface area contributed by atoms with Gasteiger partial charge in [-0.1, -0.05) is 36.5 Å². The Morgan fingerprint density at radius 1 is 1.23 bits per heavy atom. The van der Waals surface area contributed by atoms with Crippen molar-refractivity contribution in [1.82, 2.24) is 20.1 Å². The highest BCUT2D eigenvalue weighted by atomic mass is 35.5. The number of unbranched alkanes of at least 4 members (excludes halogenated alkanes) is 1. The number of aromatic nitrogens is 3. The Balaban J connectivity index is 1.68. The van der Waals surface area contributed by atoms with E-state index in [1.165, 1.54) is 4.68 Å². The van der Waals surface area contributed by atoms with Crippen LogP contribution in [0.5, 0.6) is 5.88 Å². The summed E-state index contributed by atoms with van der Waals surface area (Å²) in [5, 5.41) is 10.9. The first-order chi connectivity index (χ1) is 16.9. The number of anilines is 1. The molecule has 0 bridgehead atoms. The van der Waals surface area contributed by atoms with E-state index in [4.69, 9.17) is 27.9 Å². The van der Waals surface area contributed by atoms with Crippen molar-refractivity contribution < 1.29 is 14.3 Å². The lowest BCUT2D eigenvalue weighted by Crippen LogP contribution is -2.31. The molecule has 2 aromatic heterocycles. The third-order valence-electron chi connectivity index (χ3n) is 5.35. The Kier molecular flexibility index (Phi) is 8.20. The minimum atomic E-state index is -0.495. The predicted molar refractivity (Wildman–Crippen MR) is 139 cm³/mol. The maximum atomic E-state index is 13.5. The van der Waals surface area contributed by atoms with Gasteiger partial charge in [0.1, 0.15) is 11.8 Å². The lowest BCUT2D eigenvalue weighted by Gasteiger charge is -2.24. The molecule has 1 aromatic carbocycles. The van der Waals surface area contributed by atoms with E-state index in [0.717, 1.165) is 24.3 Å². The number of ether oxygens (including phenoxy) is 1. The zero-order valence-corrected chi connectivity index (χ0v) is 21.6. The number of nitrogens with zero attached hydrogens (tertiary/aromatic N) is 3. The fraction of sp³-hybridized carbons (Fsp3) is 0.333. The summed E-state index contributed by atoms with van der Waals surface area (Å²) in [6, 6.07) is 8.14. The number of carbonyl (C=O) groups is 2. The number of rotatable bonds is 9. The molecule has 2 amide bonds. The van der Waals surface area contributed by atoms with Crippen LogP contribution in [0.15, 0.2) is 36.5 Å². The molecule has 4 rings (SSSR count). The number of thioether (sulfide) groups is 1. The molecule has 0 atom stereocenters. The lowest BCUT2D eigenvalue weighted by molar-refractivity contribution is 0.0954. The molecule has 0 unspecified atom stereocenters. The van der Waals surface area contributed by atoms with Gasteiger partial charge in [-0.2, -0.15) is 11.8 Å². The molecular formula is C24H25Cl2N5O3S. The second-order valence-corrected chi connectivity index (χ2v) is 9.99. The van der Waals surface area contributed by atoms with Crippen molar-refractivity contribution in [3.8, 4) is 11.7 Å². The molecule has 0 saturated carbocycles. The maximum Gasteiger partial charge on any atom is 0.274 e. The quantitative estimate of drug-likeness (QED) is 0.368. The van der Waals surface area contributed by atoms with Crippen LogP contribution in [0.2, 0.25) is 10.0 Å². The Morgan fingerprint density at radius 3 is 2.71 bits per heavy atom. The van der Waals surface area contributed by atoms with Crippen LogP contribution in [0, 0.1) is 6.92 Å². The fourth-order valence-electron chi connectivity index (χ4n) is 3.47. The summed E-state index contributed by atoms with van der Waals surface area (Å²) < 4.78 is 7.26. The molecule has 1 aliphatic heterocycles. The van der Waals surface area contributed by atoms with E-state index in [1.54, 1.807) is 55.2 Å². The molecule has 0 radical (unpaired) electrons. The summed E-state index contributed by atoms with van der Waals surface area (Å²) in [6.45, 7) is 4.35. The summed E-state index contributed by atoms with van der Waals surface area (Å²) >= 11 is 14.4. The van der Waals surface area contributed by atoms with Gasteiger partial charge in [0.2, 0.25) is 5.88 Å². The van der Waals surface area contributed by atoms with E-state index in [9.17, 15) is 9.59 Å². The second-order valence-electron chi connectivity index (χ2n) is 8.07. The summed E-state index contributed by atoms with van der Waals surface area (Å²) in [4.78, 5) is 30.7. The van der Waals surface area contributed by atoms with Crippen molar-refractivity contribution in [3.63, 3.8) is 0 Å². The predicted octanol–water partition coefficient (Wildman–Crippen LogP) is 5.16. The Labute approximate surface area is 217 Å². The van der Waals surface area contributed by atoms with E-state index in [2.05, 4.69) is 20.7 Å². The minimum absolute atomic E-state index is 0.0374. The molecule has 3 heterocycles. The smallest absolute Gasteiger partial charge is 0.274 e. The number of pyridine rings is 1. The molecule has 1 aliphatic rings. The average Bonchev–Trinajstić information content (AvgIpc) is 3.22. The SMILES string of the molecule is CCCCNC(=O)c1cc(Cl)cc(C)c1NC(=O)c1cc(OC2CSC2)nn1-c1ncccc1Cl. The van der Waals surface area contributed by atoms with Crippen LogP contribution in [-0.4, -0.2) is 50.7 Å². The number of hydrogen-bond donors (Lipinski definition) is 2. The van der Waals surface area contributed by atoms with Crippen LogP contribution in [0.4, 0.5) is 5.69 Å². The topological polar surface area (TPSA) is 98.1 Å². The first-order valence-corrected chi connectivity index (χ1v) is 13.1. The van der Waals surface area contributed by atoms with Crippen molar-refractivity contribution in [2.75, 3.05) is 23.4 Å². The minimum Gasteiger partial charge on any atom is -0.472 e. The van der Waals surface area contributed by atoms with Gasteiger partial charge in [-0.05, 0) is 43.2 Å². The summed E-state index contributed by atoms with van der Waals surface area (Å²) in [5.74, 6) is 1.51. The third-order valence-corrected chi connectivity index (χ3v) is 7.08. The highest BCUT2D eigenvalue weighted by molar-refractivity contribution is 8.00. The molecular weight excluding hydrogens is 509 g/mol. The van der Waals surface area contributed by atoms with E-state index in [1.807, 2.05) is 6.92 Å². The van der Waals surface area contributed by atoms with Gasteiger partial charge in [0.15, 0.2) is 5.82 Å². The van der Waals surface area contributed by atoms with Crippen LogP contribution in [-0.2, 0) is 0 Å². The highest BCUT2D eigenvalue weighted by Crippen LogP contribution is 2.29. The van der Waals surface area contributed by atoms with E-state index in [-0.39, 0.29) is 23.3 Å². The van der Waals surface area contributed by atoms with Crippen molar-refractivity contribution in [1.29, 1.82) is 0 Å². The number of aryl methyl sites for hydroxylation is 1. The first kappa shape index (κ1) is 25.3. The monoisotopic (exact) mass is 533 g/mol. The molecule has 35 heavy (non-hydrogen) atoms. The highest BCUT2D eigenvalue weighted by Gasteiger charge is 2.26. The molecule has 184 valence electrons. The van der Waals surface area contributed by atoms with E-state index < -0.39 is 5.91 Å². The molecule has 0 spiro atoms. The number of nitrogens with one attached hydrogen (secondary N) is 2. The standard InChI is InChI=1S/C24H25Cl2N5O3S/c1-3-4-7-28-23(32)17-10-15(25)9-14(2)21(17)29-24(33)19-11-20(34-16-12-35-13-16)30-31(19)22-18(26)6-5-8-27-22/h5-6,8-11,16H,3-4,7,12-13H2,1-2H3,(H,28,32)(H,29,33). The number of halogens is 2. The third kappa shape index (κ3) is 5.91. The van der Waals surface area contributed by atoms with E-state index in [0.29, 0.717) is 39.5 Å². The maximum absolute atomic E-state index is 13.5. The van der Waals surface area contributed by atoms with Gasteiger partial charge in [-0.3, -0.25) is 9.59 Å². The number of benzene rings is 1.